The van der Waals surface area contributed by atoms with Crippen LogP contribution >= 0.6 is 0 Å². The number of rotatable bonds is 2. The minimum Gasteiger partial charge on any atom is -0.262 e. The average molecular weight is 232 g/mol. The van der Waals surface area contributed by atoms with E-state index in [1.54, 1.807) is 12.4 Å². The Balaban J connectivity index is 2.50. The van der Waals surface area contributed by atoms with Crippen LogP contribution in [-0.2, 0) is 0 Å². The van der Waals surface area contributed by atoms with E-state index >= 15 is 0 Å². The summed E-state index contributed by atoms with van der Waals surface area (Å²) in [6, 6.07) is 3.90. The predicted octanol–water partition coefficient (Wildman–Crippen LogP) is 1.52. The van der Waals surface area contributed by atoms with Gasteiger partial charge in [0.2, 0.25) is 0 Å². The van der Waals surface area contributed by atoms with Crippen molar-refractivity contribution in [2.45, 2.75) is 26.6 Å². The summed E-state index contributed by atoms with van der Waals surface area (Å²) in [5.41, 5.74) is 2.10. The molecule has 0 saturated carbocycles. The van der Waals surface area contributed by atoms with E-state index < -0.39 is 8.07 Å². The van der Waals surface area contributed by atoms with Crippen molar-refractivity contribution in [1.29, 1.82) is 0 Å². The molecule has 0 aliphatic rings. The van der Waals surface area contributed by atoms with E-state index in [0.29, 0.717) is 0 Å². The van der Waals surface area contributed by atoms with Gasteiger partial charge in [-0.15, -0.1) is 5.10 Å². The Morgan fingerprint density at radius 3 is 2.50 bits per heavy atom. The molecule has 2 rings (SSSR count). The molecule has 2 aromatic heterocycles. The van der Waals surface area contributed by atoms with Crippen molar-refractivity contribution in [3.8, 4) is 5.69 Å². The Morgan fingerprint density at radius 2 is 2.00 bits per heavy atom. The fourth-order valence-electron chi connectivity index (χ4n) is 1.75. The molecule has 4 nitrogen and oxygen atoms in total. The number of aromatic nitrogens is 4. The third-order valence-electron chi connectivity index (χ3n) is 2.50. The van der Waals surface area contributed by atoms with Crippen LogP contribution in [0.3, 0.4) is 0 Å². The molecule has 0 amide bonds. The fourth-order valence-corrected chi connectivity index (χ4v) is 3.28. The Kier molecular flexibility index (Phi) is 2.63. The molecule has 0 radical (unpaired) electrons. The van der Waals surface area contributed by atoms with Crippen LogP contribution in [0.1, 0.15) is 5.69 Å². The van der Waals surface area contributed by atoms with Crippen LogP contribution in [0, 0.1) is 6.92 Å². The molecule has 84 valence electrons. The van der Waals surface area contributed by atoms with Gasteiger partial charge in [0.1, 0.15) is 8.07 Å². The third kappa shape index (κ3) is 1.90. The van der Waals surface area contributed by atoms with Crippen molar-refractivity contribution < 1.29 is 0 Å². The van der Waals surface area contributed by atoms with Crippen molar-refractivity contribution >= 4 is 13.4 Å². The summed E-state index contributed by atoms with van der Waals surface area (Å²) in [5, 5.41) is 9.69. The predicted molar refractivity (Wildman–Crippen MR) is 66.9 cm³/mol. The Labute approximate surface area is 96.3 Å². The summed E-state index contributed by atoms with van der Waals surface area (Å²) in [6.45, 7) is 8.90. The average Bonchev–Trinajstić information content (AvgIpc) is 2.61. The molecule has 2 aromatic rings. The number of hydrogen-bond donors (Lipinski definition) is 0. The second kappa shape index (κ2) is 3.82. The van der Waals surface area contributed by atoms with Gasteiger partial charge < -0.3 is 0 Å². The second-order valence-corrected chi connectivity index (χ2v) is 9.87. The lowest BCUT2D eigenvalue weighted by Crippen LogP contribution is -2.40. The highest BCUT2D eigenvalue weighted by Crippen LogP contribution is 2.09. The van der Waals surface area contributed by atoms with Gasteiger partial charge in [-0.1, -0.05) is 24.9 Å². The Bertz CT molecular complexity index is 484. The fraction of sp³-hybridized carbons (Fsp3) is 0.364. The molecule has 0 unspecified atom stereocenters. The van der Waals surface area contributed by atoms with Gasteiger partial charge in [-0.2, -0.15) is 0 Å². The zero-order valence-electron chi connectivity index (χ0n) is 10.1. The first-order valence-corrected chi connectivity index (χ1v) is 8.83. The first-order valence-electron chi connectivity index (χ1n) is 5.33. The van der Waals surface area contributed by atoms with E-state index in [4.69, 9.17) is 0 Å². The molecule has 0 fully saturated rings. The molecule has 16 heavy (non-hydrogen) atoms. The minimum absolute atomic E-state index is 0.969. The topological polar surface area (TPSA) is 43.6 Å². The van der Waals surface area contributed by atoms with Gasteiger partial charge in [0.25, 0.3) is 0 Å². The smallest absolute Gasteiger partial charge is 0.106 e. The molecule has 0 N–H and O–H groups in total. The van der Waals surface area contributed by atoms with Crippen molar-refractivity contribution in [3.63, 3.8) is 0 Å². The van der Waals surface area contributed by atoms with Crippen LogP contribution < -0.4 is 5.32 Å². The largest absolute Gasteiger partial charge is 0.262 e. The van der Waals surface area contributed by atoms with Gasteiger partial charge in [0.05, 0.1) is 22.9 Å². The standard InChI is InChI=1S/C11H16N4Si/c1-9-11(16(2,3)4)13-14-15(9)10-6-5-7-12-8-10/h5-8H,1-4H3. The van der Waals surface area contributed by atoms with Crippen molar-refractivity contribution in [3.05, 3.63) is 30.2 Å². The van der Waals surface area contributed by atoms with Crippen LogP contribution in [0.2, 0.25) is 19.6 Å². The van der Waals surface area contributed by atoms with Crippen LogP contribution in [0.4, 0.5) is 0 Å². The van der Waals surface area contributed by atoms with Gasteiger partial charge >= 0.3 is 0 Å². The zero-order valence-corrected chi connectivity index (χ0v) is 11.1. The molecule has 0 bridgehead atoms. The maximum absolute atomic E-state index is 4.31. The molecule has 5 heteroatoms. The Hall–Kier alpha value is -1.49. The first kappa shape index (κ1) is 11.0. The number of pyridine rings is 1. The summed E-state index contributed by atoms with van der Waals surface area (Å²) >= 11 is 0. The maximum atomic E-state index is 4.31. The van der Waals surface area contributed by atoms with E-state index in [0.717, 1.165) is 16.7 Å². The van der Waals surface area contributed by atoms with Crippen molar-refractivity contribution in [1.82, 2.24) is 20.0 Å². The molecule has 0 aliphatic carbocycles. The molecule has 0 aliphatic heterocycles. The summed E-state index contributed by atoms with van der Waals surface area (Å²) in [5.74, 6) is 0. The molecular weight excluding hydrogens is 216 g/mol. The van der Waals surface area contributed by atoms with E-state index in [2.05, 4.69) is 41.9 Å². The highest BCUT2D eigenvalue weighted by Gasteiger charge is 2.24. The lowest BCUT2D eigenvalue weighted by atomic mass is 10.4. The van der Waals surface area contributed by atoms with Crippen molar-refractivity contribution in [2.75, 3.05) is 0 Å². The van der Waals surface area contributed by atoms with Gasteiger partial charge in [-0.05, 0) is 19.1 Å². The van der Waals surface area contributed by atoms with Gasteiger partial charge in [-0.3, -0.25) is 4.98 Å². The maximum Gasteiger partial charge on any atom is 0.106 e. The summed E-state index contributed by atoms with van der Waals surface area (Å²) in [6.07, 6.45) is 3.56. The minimum atomic E-state index is -1.40. The molecule has 0 atom stereocenters. The monoisotopic (exact) mass is 232 g/mol. The summed E-state index contributed by atoms with van der Waals surface area (Å²) in [4.78, 5) is 4.10. The van der Waals surface area contributed by atoms with E-state index in [9.17, 15) is 0 Å². The zero-order chi connectivity index (χ0) is 11.8. The van der Waals surface area contributed by atoms with E-state index in [-0.39, 0.29) is 0 Å². The van der Waals surface area contributed by atoms with Gasteiger partial charge in [-0.25, -0.2) is 4.68 Å². The molecule has 0 aromatic carbocycles. The second-order valence-electron chi connectivity index (χ2n) is 4.90. The van der Waals surface area contributed by atoms with Gasteiger partial charge in [0, 0.05) is 6.20 Å². The lowest BCUT2D eigenvalue weighted by Gasteiger charge is -2.13. The summed E-state index contributed by atoms with van der Waals surface area (Å²) in [7, 11) is -1.40. The third-order valence-corrected chi connectivity index (χ3v) is 4.38. The van der Waals surface area contributed by atoms with Crippen LogP contribution in [0.15, 0.2) is 24.5 Å². The first-order chi connectivity index (χ1) is 7.50. The molecule has 2 heterocycles. The molecule has 0 spiro atoms. The molecule has 0 saturated heterocycles. The highest BCUT2D eigenvalue weighted by atomic mass is 28.3. The lowest BCUT2D eigenvalue weighted by molar-refractivity contribution is 0.782. The van der Waals surface area contributed by atoms with E-state index in [1.165, 1.54) is 0 Å². The van der Waals surface area contributed by atoms with Crippen molar-refractivity contribution in [2.24, 2.45) is 0 Å². The van der Waals surface area contributed by atoms with E-state index in [1.807, 2.05) is 16.8 Å². The SMILES string of the molecule is Cc1c([Si](C)(C)C)nnn1-c1cccnc1. The normalized spacial score (nSPS) is 11.8. The van der Waals surface area contributed by atoms with Crippen LogP contribution in [0.5, 0.6) is 0 Å². The Morgan fingerprint density at radius 1 is 1.25 bits per heavy atom. The number of nitrogens with zero attached hydrogens (tertiary/aromatic N) is 4. The molecular formula is C11H16N4Si. The van der Waals surface area contributed by atoms with Crippen LogP contribution in [-0.4, -0.2) is 28.1 Å². The number of hydrogen-bond acceptors (Lipinski definition) is 3. The highest BCUT2D eigenvalue weighted by molar-refractivity contribution is 6.88. The van der Waals surface area contributed by atoms with Crippen LogP contribution in [0.25, 0.3) is 5.69 Å². The van der Waals surface area contributed by atoms with Gasteiger partial charge in [0.15, 0.2) is 0 Å². The quantitative estimate of drug-likeness (QED) is 0.737. The summed E-state index contributed by atoms with van der Waals surface area (Å²) < 4.78 is 1.86.